The Balaban J connectivity index is 1.91. The van der Waals surface area contributed by atoms with Gasteiger partial charge in [0.05, 0.1) is 23.9 Å². The molecule has 0 spiro atoms. The van der Waals surface area contributed by atoms with E-state index >= 15 is 0 Å². The normalized spacial score (nSPS) is 15.0. The zero-order valence-electron chi connectivity index (χ0n) is 14.0. The lowest BCUT2D eigenvalue weighted by molar-refractivity contribution is -0.152. The highest BCUT2D eigenvalue weighted by molar-refractivity contribution is 6.39. The first kappa shape index (κ1) is 17.8. The van der Waals surface area contributed by atoms with Gasteiger partial charge in [-0.25, -0.2) is 0 Å². The molecule has 0 aliphatic carbocycles. The van der Waals surface area contributed by atoms with E-state index in [1.807, 2.05) is 13.0 Å². The minimum Gasteiger partial charge on any atom is -0.466 e. The van der Waals surface area contributed by atoms with Crippen LogP contribution in [-0.4, -0.2) is 42.4 Å². The molecule has 1 aromatic rings. The van der Waals surface area contributed by atoms with Crippen molar-refractivity contribution in [1.29, 1.82) is 0 Å². The summed E-state index contributed by atoms with van der Waals surface area (Å²) in [5, 5.41) is 2.56. The fraction of sp³-hybridized carbons (Fsp3) is 0.471. The third-order valence-electron chi connectivity index (χ3n) is 4.05. The van der Waals surface area contributed by atoms with Crippen LogP contribution in [0.15, 0.2) is 18.2 Å². The van der Waals surface area contributed by atoms with Crippen LogP contribution in [0, 0.1) is 12.8 Å². The molecule has 1 fully saturated rings. The van der Waals surface area contributed by atoms with Crippen LogP contribution < -0.4 is 11.1 Å². The molecule has 0 saturated carbocycles. The maximum atomic E-state index is 12.3. The summed E-state index contributed by atoms with van der Waals surface area (Å²) in [6.45, 7) is 4.70. The molecule has 1 aliphatic rings. The molecule has 7 heteroatoms. The van der Waals surface area contributed by atoms with Gasteiger partial charge in [-0.05, 0) is 44.4 Å². The highest BCUT2D eigenvalue weighted by Crippen LogP contribution is 2.21. The number of nitrogens with zero attached hydrogens (tertiary/aromatic N) is 1. The number of anilines is 2. The topological polar surface area (TPSA) is 102 Å². The first-order valence-electron chi connectivity index (χ1n) is 8.05. The molecule has 1 saturated heterocycles. The second-order valence-electron chi connectivity index (χ2n) is 5.86. The predicted octanol–water partition coefficient (Wildman–Crippen LogP) is 1.32. The molecule has 2 rings (SSSR count). The Labute approximate surface area is 141 Å². The molecule has 3 N–H and O–H groups in total. The third kappa shape index (κ3) is 4.24. The van der Waals surface area contributed by atoms with Gasteiger partial charge in [0, 0.05) is 13.1 Å². The van der Waals surface area contributed by atoms with Gasteiger partial charge in [-0.15, -0.1) is 0 Å². The molecule has 0 radical (unpaired) electrons. The van der Waals surface area contributed by atoms with Crippen molar-refractivity contribution in [2.75, 3.05) is 30.7 Å². The maximum Gasteiger partial charge on any atom is 0.313 e. The molecule has 7 nitrogen and oxygen atoms in total. The van der Waals surface area contributed by atoms with Gasteiger partial charge in [-0.1, -0.05) is 6.07 Å². The molecule has 1 aliphatic heterocycles. The van der Waals surface area contributed by atoms with Crippen LogP contribution in [0.4, 0.5) is 11.4 Å². The van der Waals surface area contributed by atoms with Crippen molar-refractivity contribution in [1.82, 2.24) is 4.90 Å². The van der Waals surface area contributed by atoms with Crippen LogP contribution in [0.2, 0.25) is 0 Å². The van der Waals surface area contributed by atoms with E-state index in [1.54, 1.807) is 19.1 Å². The van der Waals surface area contributed by atoms with E-state index in [0.29, 0.717) is 43.9 Å². The average molecular weight is 333 g/mol. The number of piperidine rings is 1. The molecule has 0 bridgehead atoms. The van der Waals surface area contributed by atoms with Gasteiger partial charge in [0.1, 0.15) is 0 Å². The number of carbonyl (C=O) groups is 3. The van der Waals surface area contributed by atoms with Crippen LogP contribution >= 0.6 is 0 Å². The van der Waals surface area contributed by atoms with Crippen molar-refractivity contribution in [2.45, 2.75) is 26.7 Å². The number of rotatable bonds is 3. The first-order valence-corrected chi connectivity index (χ1v) is 8.05. The van der Waals surface area contributed by atoms with Crippen LogP contribution in [0.1, 0.15) is 25.3 Å². The standard InChI is InChI=1S/C17H23N3O4/c1-3-24-17(23)12-6-8-20(9-7-12)16(22)15(21)19-14-10-11(2)4-5-13(14)18/h4-5,10,12H,3,6-9,18H2,1-2H3,(H,19,21). The van der Waals surface area contributed by atoms with Gasteiger partial charge in [0.15, 0.2) is 0 Å². The Morgan fingerprint density at radius 2 is 1.96 bits per heavy atom. The van der Waals surface area contributed by atoms with Crippen LogP contribution in [0.5, 0.6) is 0 Å². The van der Waals surface area contributed by atoms with Gasteiger partial charge in [0.2, 0.25) is 0 Å². The molecular weight excluding hydrogens is 310 g/mol. The molecule has 24 heavy (non-hydrogen) atoms. The van der Waals surface area contributed by atoms with Gasteiger partial charge in [0.25, 0.3) is 0 Å². The number of nitrogen functional groups attached to an aromatic ring is 1. The SMILES string of the molecule is CCOC(=O)C1CCN(C(=O)C(=O)Nc2cc(C)ccc2N)CC1. The van der Waals surface area contributed by atoms with E-state index in [-0.39, 0.29) is 11.9 Å². The molecule has 2 amide bonds. The van der Waals surface area contributed by atoms with Crippen LogP contribution in [0.25, 0.3) is 0 Å². The van der Waals surface area contributed by atoms with Gasteiger partial charge in [-0.2, -0.15) is 0 Å². The number of ether oxygens (including phenoxy) is 1. The summed E-state index contributed by atoms with van der Waals surface area (Å²) in [6.07, 6.45) is 1.01. The predicted molar refractivity (Wildman–Crippen MR) is 90.2 cm³/mol. The molecule has 1 heterocycles. The number of likely N-dealkylation sites (tertiary alicyclic amines) is 1. The summed E-state index contributed by atoms with van der Waals surface area (Å²) >= 11 is 0. The Morgan fingerprint density at radius 1 is 1.29 bits per heavy atom. The van der Waals surface area contributed by atoms with Crippen molar-refractivity contribution in [2.24, 2.45) is 5.92 Å². The molecule has 0 atom stereocenters. The van der Waals surface area contributed by atoms with Crippen molar-refractivity contribution < 1.29 is 19.1 Å². The molecule has 1 aromatic carbocycles. The summed E-state index contributed by atoms with van der Waals surface area (Å²) in [6, 6.07) is 5.22. The smallest absolute Gasteiger partial charge is 0.313 e. The monoisotopic (exact) mass is 333 g/mol. The number of aryl methyl sites for hydroxylation is 1. The van der Waals surface area contributed by atoms with E-state index in [1.165, 1.54) is 4.90 Å². The number of nitrogens with one attached hydrogen (secondary N) is 1. The average Bonchev–Trinajstić information content (AvgIpc) is 2.57. The fourth-order valence-corrected chi connectivity index (χ4v) is 2.68. The van der Waals surface area contributed by atoms with E-state index in [4.69, 9.17) is 10.5 Å². The number of amides is 2. The third-order valence-corrected chi connectivity index (χ3v) is 4.05. The number of nitrogens with two attached hydrogens (primary N) is 1. The zero-order chi connectivity index (χ0) is 17.7. The minimum absolute atomic E-state index is 0.204. The molecular formula is C17H23N3O4. The van der Waals surface area contributed by atoms with Crippen molar-refractivity contribution in [3.05, 3.63) is 23.8 Å². The van der Waals surface area contributed by atoms with E-state index in [9.17, 15) is 14.4 Å². The van der Waals surface area contributed by atoms with Crippen LogP contribution in [-0.2, 0) is 19.1 Å². The number of carbonyl (C=O) groups excluding carboxylic acids is 3. The van der Waals surface area contributed by atoms with E-state index in [2.05, 4.69) is 5.32 Å². The van der Waals surface area contributed by atoms with E-state index < -0.39 is 11.8 Å². The summed E-state index contributed by atoms with van der Waals surface area (Å²) in [4.78, 5) is 37.6. The largest absolute Gasteiger partial charge is 0.466 e. The highest BCUT2D eigenvalue weighted by Gasteiger charge is 2.30. The molecule has 0 unspecified atom stereocenters. The Bertz CT molecular complexity index is 637. The first-order chi connectivity index (χ1) is 11.4. The summed E-state index contributed by atoms with van der Waals surface area (Å²) in [7, 11) is 0. The number of hydrogen-bond acceptors (Lipinski definition) is 5. The lowest BCUT2D eigenvalue weighted by Gasteiger charge is -2.30. The zero-order valence-corrected chi connectivity index (χ0v) is 14.0. The second-order valence-corrected chi connectivity index (χ2v) is 5.86. The quantitative estimate of drug-likeness (QED) is 0.493. The van der Waals surface area contributed by atoms with Gasteiger partial charge < -0.3 is 20.7 Å². The lowest BCUT2D eigenvalue weighted by atomic mass is 9.97. The Hall–Kier alpha value is -2.57. The number of esters is 1. The second kappa shape index (κ2) is 7.81. The van der Waals surface area contributed by atoms with Gasteiger partial charge >= 0.3 is 17.8 Å². The molecule has 130 valence electrons. The number of hydrogen-bond donors (Lipinski definition) is 2. The number of benzene rings is 1. The lowest BCUT2D eigenvalue weighted by Crippen LogP contribution is -2.45. The van der Waals surface area contributed by atoms with Crippen molar-refractivity contribution in [3.8, 4) is 0 Å². The Morgan fingerprint density at radius 3 is 2.58 bits per heavy atom. The minimum atomic E-state index is -0.720. The summed E-state index contributed by atoms with van der Waals surface area (Å²) in [5.74, 6) is -1.77. The van der Waals surface area contributed by atoms with Gasteiger partial charge in [-0.3, -0.25) is 14.4 Å². The van der Waals surface area contributed by atoms with Crippen molar-refractivity contribution >= 4 is 29.2 Å². The summed E-state index contributed by atoms with van der Waals surface area (Å²) < 4.78 is 4.99. The highest BCUT2D eigenvalue weighted by atomic mass is 16.5. The van der Waals surface area contributed by atoms with Crippen molar-refractivity contribution in [3.63, 3.8) is 0 Å². The summed E-state index contributed by atoms with van der Waals surface area (Å²) in [5.41, 5.74) is 7.57. The molecule has 0 aromatic heterocycles. The maximum absolute atomic E-state index is 12.3. The van der Waals surface area contributed by atoms with Crippen LogP contribution in [0.3, 0.4) is 0 Å². The fourth-order valence-electron chi connectivity index (χ4n) is 2.68. The van der Waals surface area contributed by atoms with E-state index in [0.717, 1.165) is 5.56 Å². The Kier molecular flexibility index (Phi) is 5.78.